The van der Waals surface area contributed by atoms with Crippen molar-refractivity contribution >= 4 is 5.82 Å². The second-order valence-electron chi connectivity index (χ2n) is 4.81. The van der Waals surface area contributed by atoms with Gasteiger partial charge in [0.1, 0.15) is 5.82 Å². The zero-order valence-corrected chi connectivity index (χ0v) is 11.7. The molecule has 0 aliphatic heterocycles. The fraction of sp³-hybridized carbons (Fsp3) is 0.333. The largest absolute Gasteiger partial charge is 0.369 e. The maximum Gasteiger partial charge on any atom is 0.161 e. The van der Waals surface area contributed by atoms with Crippen molar-refractivity contribution in [2.75, 3.05) is 32.5 Å². The van der Waals surface area contributed by atoms with Crippen LogP contribution in [0, 0.1) is 6.92 Å². The molecular formula is C15H20N4. The highest BCUT2D eigenvalue weighted by Gasteiger charge is 2.04. The molecule has 1 aromatic heterocycles. The molecule has 0 saturated heterocycles. The third-order valence-electron chi connectivity index (χ3n) is 2.75. The SMILES string of the molecule is Cc1cc(NCCN(C)C)nc(-c2ccccc2)n1. The van der Waals surface area contributed by atoms with E-state index in [0.29, 0.717) is 0 Å². The number of hydrogen-bond acceptors (Lipinski definition) is 4. The predicted octanol–water partition coefficient (Wildman–Crippen LogP) is 2.43. The molecule has 19 heavy (non-hydrogen) atoms. The van der Waals surface area contributed by atoms with Gasteiger partial charge in [-0.05, 0) is 21.0 Å². The van der Waals surface area contributed by atoms with Gasteiger partial charge >= 0.3 is 0 Å². The van der Waals surface area contributed by atoms with E-state index in [-0.39, 0.29) is 0 Å². The first-order valence-corrected chi connectivity index (χ1v) is 6.45. The van der Waals surface area contributed by atoms with Crippen molar-refractivity contribution < 1.29 is 0 Å². The molecule has 0 spiro atoms. The number of nitrogens with one attached hydrogen (secondary N) is 1. The molecule has 4 nitrogen and oxygen atoms in total. The lowest BCUT2D eigenvalue weighted by Gasteiger charge is -2.12. The molecule has 0 unspecified atom stereocenters. The fourth-order valence-electron chi connectivity index (χ4n) is 1.78. The van der Waals surface area contributed by atoms with Gasteiger partial charge in [0.2, 0.25) is 0 Å². The molecule has 1 N–H and O–H groups in total. The summed E-state index contributed by atoms with van der Waals surface area (Å²) < 4.78 is 0. The van der Waals surface area contributed by atoms with Crippen LogP contribution in [0.2, 0.25) is 0 Å². The molecule has 0 saturated carbocycles. The van der Waals surface area contributed by atoms with E-state index < -0.39 is 0 Å². The molecule has 0 radical (unpaired) electrons. The summed E-state index contributed by atoms with van der Waals surface area (Å²) in [4.78, 5) is 11.2. The van der Waals surface area contributed by atoms with Crippen LogP contribution in [0.25, 0.3) is 11.4 Å². The lowest BCUT2D eigenvalue weighted by molar-refractivity contribution is 0.425. The zero-order valence-electron chi connectivity index (χ0n) is 11.7. The first kappa shape index (κ1) is 13.5. The van der Waals surface area contributed by atoms with Crippen molar-refractivity contribution in [2.24, 2.45) is 0 Å². The summed E-state index contributed by atoms with van der Waals surface area (Å²) in [6.07, 6.45) is 0. The van der Waals surface area contributed by atoms with Gasteiger partial charge in [-0.15, -0.1) is 0 Å². The van der Waals surface area contributed by atoms with Crippen LogP contribution in [0.4, 0.5) is 5.82 Å². The second kappa shape index (κ2) is 6.29. The van der Waals surface area contributed by atoms with Crippen LogP contribution >= 0.6 is 0 Å². The van der Waals surface area contributed by atoms with Crippen LogP contribution in [-0.2, 0) is 0 Å². The van der Waals surface area contributed by atoms with Gasteiger partial charge in [-0.2, -0.15) is 0 Å². The number of hydrogen-bond donors (Lipinski definition) is 1. The van der Waals surface area contributed by atoms with Gasteiger partial charge in [0, 0.05) is 30.4 Å². The number of rotatable bonds is 5. The second-order valence-corrected chi connectivity index (χ2v) is 4.81. The third kappa shape index (κ3) is 4.03. The Morgan fingerprint density at radius 3 is 2.53 bits per heavy atom. The van der Waals surface area contributed by atoms with Crippen molar-refractivity contribution in [3.8, 4) is 11.4 Å². The van der Waals surface area contributed by atoms with Crippen LogP contribution < -0.4 is 5.32 Å². The lowest BCUT2D eigenvalue weighted by atomic mass is 10.2. The molecule has 0 fully saturated rings. The number of aromatic nitrogens is 2. The highest BCUT2D eigenvalue weighted by Crippen LogP contribution is 2.17. The lowest BCUT2D eigenvalue weighted by Crippen LogP contribution is -2.21. The van der Waals surface area contributed by atoms with E-state index in [1.165, 1.54) is 0 Å². The molecule has 0 atom stereocenters. The number of nitrogens with zero attached hydrogens (tertiary/aromatic N) is 3. The highest BCUT2D eigenvalue weighted by molar-refractivity contribution is 5.57. The van der Waals surface area contributed by atoms with Crippen molar-refractivity contribution in [1.82, 2.24) is 14.9 Å². The molecule has 2 aromatic rings. The van der Waals surface area contributed by atoms with E-state index in [0.717, 1.165) is 36.0 Å². The minimum atomic E-state index is 0.771. The highest BCUT2D eigenvalue weighted by atomic mass is 15.1. The summed E-state index contributed by atoms with van der Waals surface area (Å²) in [5.41, 5.74) is 2.02. The normalized spacial score (nSPS) is 10.7. The van der Waals surface area contributed by atoms with Crippen LogP contribution in [0.1, 0.15) is 5.69 Å². The summed E-state index contributed by atoms with van der Waals surface area (Å²) in [6, 6.07) is 12.0. The van der Waals surface area contributed by atoms with Crippen molar-refractivity contribution in [3.05, 3.63) is 42.1 Å². The summed E-state index contributed by atoms with van der Waals surface area (Å²) in [6.45, 7) is 3.84. The van der Waals surface area contributed by atoms with Crippen molar-refractivity contribution in [3.63, 3.8) is 0 Å². The maximum absolute atomic E-state index is 4.56. The molecule has 1 aromatic carbocycles. The van der Waals surface area contributed by atoms with Gasteiger partial charge in [-0.3, -0.25) is 0 Å². The molecular weight excluding hydrogens is 236 g/mol. The first-order chi connectivity index (χ1) is 9.15. The first-order valence-electron chi connectivity index (χ1n) is 6.45. The smallest absolute Gasteiger partial charge is 0.161 e. The van der Waals surface area contributed by atoms with E-state index >= 15 is 0 Å². The minimum Gasteiger partial charge on any atom is -0.369 e. The Kier molecular flexibility index (Phi) is 4.47. The molecule has 0 bridgehead atoms. The van der Waals surface area contributed by atoms with Gasteiger partial charge in [-0.25, -0.2) is 9.97 Å². The van der Waals surface area contributed by atoms with Crippen LogP contribution in [-0.4, -0.2) is 42.1 Å². The Hall–Kier alpha value is -1.94. The van der Waals surface area contributed by atoms with Crippen LogP contribution in [0.3, 0.4) is 0 Å². The Morgan fingerprint density at radius 2 is 1.84 bits per heavy atom. The molecule has 100 valence electrons. The van der Waals surface area contributed by atoms with E-state index in [1.54, 1.807) is 0 Å². The summed E-state index contributed by atoms with van der Waals surface area (Å²) in [7, 11) is 4.12. The summed E-state index contributed by atoms with van der Waals surface area (Å²) in [5, 5.41) is 3.33. The Morgan fingerprint density at radius 1 is 1.11 bits per heavy atom. The molecule has 1 heterocycles. The van der Waals surface area contributed by atoms with E-state index in [1.807, 2.05) is 43.3 Å². The van der Waals surface area contributed by atoms with E-state index in [2.05, 4.69) is 34.3 Å². The molecule has 2 rings (SSSR count). The standard InChI is InChI=1S/C15H20N4/c1-12-11-14(16-9-10-19(2)3)18-15(17-12)13-7-5-4-6-8-13/h4-8,11H,9-10H2,1-3H3,(H,16,17,18). The summed E-state index contributed by atoms with van der Waals surface area (Å²) >= 11 is 0. The summed E-state index contributed by atoms with van der Waals surface area (Å²) in [5.74, 6) is 1.65. The molecule has 0 aliphatic rings. The van der Waals surface area contributed by atoms with Crippen LogP contribution in [0.5, 0.6) is 0 Å². The minimum absolute atomic E-state index is 0.771. The van der Waals surface area contributed by atoms with E-state index in [9.17, 15) is 0 Å². The maximum atomic E-state index is 4.56. The Labute approximate surface area is 114 Å². The predicted molar refractivity (Wildman–Crippen MR) is 79.2 cm³/mol. The monoisotopic (exact) mass is 256 g/mol. The third-order valence-corrected chi connectivity index (χ3v) is 2.75. The van der Waals surface area contributed by atoms with Gasteiger partial charge in [-0.1, -0.05) is 30.3 Å². The topological polar surface area (TPSA) is 41.0 Å². The average molecular weight is 256 g/mol. The van der Waals surface area contributed by atoms with Gasteiger partial charge in [0.25, 0.3) is 0 Å². The quantitative estimate of drug-likeness (QED) is 0.892. The van der Waals surface area contributed by atoms with Crippen molar-refractivity contribution in [1.29, 1.82) is 0 Å². The van der Waals surface area contributed by atoms with Gasteiger partial charge in [0.15, 0.2) is 5.82 Å². The Bertz CT molecular complexity index is 523. The fourth-order valence-corrected chi connectivity index (χ4v) is 1.78. The Balaban J connectivity index is 2.16. The van der Waals surface area contributed by atoms with Crippen LogP contribution in [0.15, 0.2) is 36.4 Å². The van der Waals surface area contributed by atoms with E-state index in [4.69, 9.17) is 0 Å². The molecule has 4 heteroatoms. The van der Waals surface area contributed by atoms with Crippen molar-refractivity contribution in [2.45, 2.75) is 6.92 Å². The molecule has 0 aliphatic carbocycles. The number of benzene rings is 1. The molecule has 0 amide bonds. The number of anilines is 1. The van der Waals surface area contributed by atoms with Gasteiger partial charge in [0.05, 0.1) is 0 Å². The zero-order chi connectivity index (χ0) is 13.7. The van der Waals surface area contributed by atoms with Gasteiger partial charge < -0.3 is 10.2 Å². The number of likely N-dealkylation sites (N-methyl/N-ethyl adjacent to an activating group) is 1. The average Bonchev–Trinajstić information content (AvgIpc) is 2.39. The number of aryl methyl sites for hydroxylation is 1.